The second-order valence-corrected chi connectivity index (χ2v) is 6.40. The molecule has 0 saturated carbocycles. The van der Waals surface area contributed by atoms with Crippen molar-refractivity contribution in [1.29, 1.82) is 0 Å². The van der Waals surface area contributed by atoms with Gasteiger partial charge in [0.15, 0.2) is 17.1 Å². The lowest BCUT2D eigenvalue weighted by molar-refractivity contribution is 0.353. The van der Waals surface area contributed by atoms with E-state index in [1.807, 2.05) is 24.3 Å². The first-order valence-electron chi connectivity index (χ1n) is 8.07. The maximum absolute atomic E-state index is 5.42. The van der Waals surface area contributed by atoms with Crippen LogP contribution in [0.15, 0.2) is 42.9 Å². The predicted octanol–water partition coefficient (Wildman–Crippen LogP) is 3.43. The summed E-state index contributed by atoms with van der Waals surface area (Å²) in [6.07, 6.45) is 3.26. The molecule has 25 heavy (non-hydrogen) atoms. The molecule has 0 radical (unpaired) electrons. The number of nitrogens with zero attached hydrogens (tertiary/aromatic N) is 3. The summed E-state index contributed by atoms with van der Waals surface area (Å²) >= 11 is 0. The summed E-state index contributed by atoms with van der Waals surface area (Å²) in [5, 5.41) is 4.34. The number of rotatable bonds is 6. The van der Waals surface area contributed by atoms with Gasteiger partial charge in [-0.25, -0.2) is 15.0 Å². The number of benzene rings is 1. The van der Waals surface area contributed by atoms with E-state index in [1.54, 1.807) is 20.4 Å². The zero-order valence-electron chi connectivity index (χ0n) is 14.9. The van der Waals surface area contributed by atoms with Crippen molar-refractivity contribution in [3.05, 3.63) is 48.4 Å². The zero-order chi connectivity index (χ0) is 17.9. The van der Waals surface area contributed by atoms with Crippen molar-refractivity contribution in [2.45, 2.75) is 19.3 Å². The third-order valence-corrected chi connectivity index (χ3v) is 4.27. The highest BCUT2D eigenvalue weighted by molar-refractivity contribution is 5.85. The predicted molar refractivity (Wildman–Crippen MR) is 98.4 cm³/mol. The lowest BCUT2D eigenvalue weighted by Crippen LogP contribution is -2.28. The van der Waals surface area contributed by atoms with E-state index in [9.17, 15) is 0 Å². The van der Waals surface area contributed by atoms with Crippen LogP contribution in [-0.2, 0) is 5.41 Å². The largest absolute Gasteiger partial charge is 0.493 e. The Hall–Kier alpha value is -2.89. The van der Waals surface area contributed by atoms with Crippen LogP contribution in [0.2, 0.25) is 0 Å². The SMILES string of the molecule is COc1ccc(C(C)(C)CNc2ncnc3ncccc23)cc1OC. The van der Waals surface area contributed by atoms with Crippen molar-refractivity contribution in [1.82, 2.24) is 15.0 Å². The van der Waals surface area contributed by atoms with Gasteiger partial charge in [-0.2, -0.15) is 0 Å². The van der Waals surface area contributed by atoms with Gasteiger partial charge in [-0.15, -0.1) is 0 Å². The molecule has 0 atom stereocenters. The molecule has 0 saturated heterocycles. The topological polar surface area (TPSA) is 69.2 Å². The van der Waals surface area contributed by atoms with Crippen molar-refractivity contribution >= 4 is 16.9 Å². The molecule has 2 aromatic heterocycles. The highest BCUT2D eigenvalue weighted by Crippen LogP contribution is 2.33. The second kappa shape index (κ2) is 6.93. The van der Waals surface area contributed by atoms with E-state index in [-0.39, 0.29) is 5.41 Å². The van der Waals surface area contributed by atoms with Gasteiger partial charge in [-0.05, 0) is 29.8 Å². The van der Waals surface area contributed by atoms with Crippen molar-refractivity contribution in [2.24, 2.45) is 0 Å². The number of methoxy groups -OCH3 is 2. The highest BCUT2D eigenvalue weighted by Gasteiger charge is 2.22. The Morgan fingerprint density at radius 2 is 1.80 bits per heavy atom. The molecule has 130 valence electrons. The molecule has 0 aliphatic carbocycles. The Kier molecular flexibility index (Phi) is 4.70. The van der Waals surface area contributed by atoms with Gasteiger partial charge in [0.1, 0.15) is 12.1 Å². The van der Waals surface area contributed by atoms with E-state index in [1.165, 1.54) is 6.33 Å². The van der Waals surface area contributed by atoms with Gasteiger partial charge in [-0.3, -0.25) is 0 Å². The van der Waals surface area contributed by atoms with E-state index in [0.717, 1.165) is 28.3 Å². The smallest absolute Gasteiger partial charge is 0.164 e. The van der Waals surface area contributed by atoms with Crippen LogP contribution in [0.3, 0.4) is 0 Å². The van der Waals surface area contributed by atoms with Gasteiger partial charge >= 0.3 is 0 Å². The van der Waals surface area contributed by atoms with Crippen LogP contribution < -0.4 is 14.8 Å². The van der Waals surface area contributed by atoms with Crippen LogP contribution in [0.1, 0.15) is 19.4 Å². The van der Waals surface area contributed by atoms with Crippen LogP contribution in [0, 0.1) is 0 Å². The van der Waals surface area contributed by atoms with E-state index in [2.05, 4.69) is 40.2 Å². The molecule has 3 rings (SSSR count). The summed E-state index contributed by atoms with van der Waals surface area (Å²) in [6, 6.07) is 9.85. The quantitative estimate of drug-likeness (QED) is 0.742. The minimum absolute atomic E-state index is 0.140. The Bertz CT molecular complexity index is 875. The number of anilines is 1. The van der Waals surface area contributed by atoms with Gasteiger partial charge < -0.3 is 14.8 Å². The van der Waals surface area contributed by atoms with E-state index >= 15 is 0 Å². The fourth-order valence-electron chi connectivity index (χ4n) is 2.70. The molecule has 0 spiro atoms. The molecule has 0 unspecified atom stereocenters. The lowest BCUT2D eigenvalue weighted by Gasteiger charge is -2.27. The van der Waals surface area contributed by atoms with Crippen molar-refractivity contribution < 1.29 is 9.47 Å². The Labute approximate surface area is 147 Å². The Balaban J connectivity index is 1.84. The molecule has 6 nitrogen and oxygen atoms in total. The average Bonchev–Trinajstić information content (AvgIpc) is 2.65. The van der Waals surface area contributed by atoms with Gasteiger partial charge in [0.05, 0.1) is 19.6 Å². The second-order valence-electron chi connectivity index (χ2n) is 6.40. The molecular formula is C19H22N4O2. The number of aromatic nitrogens is 3. The normalized spacial score (nSPS) is 11.4. The molecule has 6 heteroatoms. The highest BCUT2D eigenvalue weighted by atomic mass is 16.5. The molecule has 1 aromatic carbocycles. The van der Waals surface area contributed by atoms with Gasteiger partial charge in [0.25, 0.3) is 0 Å². The molecule has 0 aliphatic rings. The van der Waals surface area contributed by atoms with Crippen molar-refractivity contribution in [3.8, 4) is 11.5 Å². The molecule has 3 aromatic rings. The van der Waals surface area contributed by atoms with Crippen molar-refractivity contribution in [2.75, 3.05) is 26.1 Å². The molecule has 2 heterocycles. The average molecular weight is 338 g/mol. The monoisotopic (exact) mass is 338 g/mol. The number of hydrogen-bond donors (Lipinski definition) is 1. The lowest BCUT2D eigenvalue weighted by atomic mass is 9.84. The van der Waals surface area contributed by atoms with Crippen molar-refractivity contribution in [3.63, 3.8) is 0 Å². The number of ether oxygens (including phenoxy) is 2. The molecule has 0 fully saturated rings. The molecule has 0 bridgehead atoms. The molecular weight excluding hydrogens is 316 g/mol. The number of nitrogens with one attached hydrogen (secondary N) is 1. The third kappa shape index (κ3) is 3.47. The van der Waals surface area contributed by atoms with Crippen LogP contribution in [0.5, 0.6) is 11.5 Å². The van der Waals surface area contributed by atoms with Crippen LogP contribution in [0.4, 0.5) is 5.82 Å². The first kappa shape index (κ1) is 17.0. The number of fused-ring (bicyclic) bond motifs is 1. The van der Waals surface area contributed by atoms with Gasteiger partial charge in [0, 0.05) is 18.2 Å². The van der Waals surface area contributed by atoms with Crippen LogP contribution in [-0.4, -0.2) is 35.7 Å². The van der Waals surface area contributed by atoms with Crippen LogP contribution >= 0.6 is 0 Å². The number of hydrogen-bond acceptors (Lipinski definition) is 6. The summed E-state index contributed by atoms with van der Waals surface area (Å²) in [6.45, 7) is 5.04. The van der Waals surface area contributed by atoms with Gasteiger partial charge in [0.2, 0.25) is 0 Å². The maximum Gasteiger partial charge on any atom is 0.164 e. The molecule has 0 amide bonds. The number of pyridine rings is 1. The first-order valence-corrected chi connectivity index (χ1v) is 8.07. The minimum atomic E-state index is -0.140. The Morgan fingerprint density at radius 1 is 1.00 bits per heavy atom. The summed E-state index contributed by atoms with van der Waals surface area (Å²) in [5.74, 6) is 2.24. The summed E-state index contributed by atoms with van der Waals surface area (Å²) in [7, 11) is 3.28. The Morgan fingerprint density at radius 3 is 2.56 bits per heavy atom. The standard InChI is InChI=1S/C19H22N4O2/c1-19(2,13-7-8-15(24-3)16(10-13)25-4)11-21-18-14-6-5-9-20-17(14)22-12-23-18/h5-10,12H,11H2,1-4H3,(H,20,21,22,23). The van der Waals surface area contributed by atoms with Crippen LogP contribution in [0.25, 0.3) is 11.0 Å². The van der Waals surface area contributed by atoms with Gasteiger partial charge in [-0.1, -0.05) is 19.9 Å². The third-order valence-electron chi connectivity index (χ3n) is 4.27. The van der Waals surface area contributed by atoms with E-state index in [4.69, 9.17) is 9.47 Å². The summed E-state index contributed by atoms with van der Waals surface area (Å²) in [5.41, 5.74) is 1.69. The summed E-state index contributed by atoms with van der Waals surface area (Å²) in [4.78, 5) is 12.8. The maximum atomic E-state index is 5.42. The molecule has 0 aliphatic heterocycles. The zero-order valence-corrected chi connectivity index (χ0v) is 14.9. The molecule has 1 N–H and O–H groups in total. The van der Waals surface area contributed by atoms with E-state index in [0.29, 0.717) is 12.2 Å². The van der Waals surface area contributed by atoms with E-state index < -0.39 is 0 Å². The minimum Gasteiger partial charge on any atom is -0.493 e. The first-order chi connectivity index (χ1) is 12.0. The summed E-state index contributed by atoms with van der Waals surface area (Å²) < 4.78 is 10.7. The fourth-order valence-corrected chi connectivity index (χ4v) is 2.70. The fraction of sp³-hybridized carbons (Fsp3) is 0.316.